The summed E-state index contributed by atoms with van der Waals surface area (Å²) < 4.78 is 6.96. The van der Waals surface area contributed by atoms with Crippen LogP contribution >= 0.6 is 11.3 Å². The molecule has 6 heteroatoms. The maximum Gasteiger partial charge on any atom is 0.150 e. The molecule has 1 atom stereocenters. The molecule has 31 heavy (non-hydrogen) atoms. The van der Waals surface area contributed by atoms with Gasteiger partial charge in [0.15, 0.2) is 0 Å². The van der Waals surface area contributed by atoms with E-state index in [1.54, 1.807) is 17.7 Å². The molecule has 2 aromatic carbocycles. The van der Waals surface area contributed by atoms with Crippen LogP contribution in [0.2, 0.25) is 0 Å². The molecule has 0 amide bonds. The molecule has 1 aliphatic rings. The van der Waals surface area contributed by atoms with Crippen LogP contribution in [0.4, 0.5) is 5.82 Å². The molecule has 1 aliphatic heterocycles. The van der Waals surface area contributed by atoms with Crippen molar-refractivity contribution in [3.05, 3.63) is 77.9 Å². The third kappa shape index (κ3) is 4.59. The highest BCUT2D eigenvalue weighted by Crippen LogP contribution is 2.32. The van der Waals surface area contributed by atoms with Gasteiger partial charge in [-0.25, -0.2) is 9.97 Å². The molecule has 0 saturated carbocycles. The molecule has 0 spiro atoms. The number of fused-ring (bicyclic) bond motifs is 1. The molecular weight excluding hydrogens is 406 g/mol. The molecule has 156 valence electrons. The van der Waals surface area contributed by atoms with Crippen LogP contribution in [0.3, 0.4) is 0 Å². The highest BCUT2D eigenvalue weighted by molar-refractivity contribution is 7.17. The summed E-state index contributed by atoms with van der Waals surface area (Å²) in [5.74, 6) is 3.24. The van der Waals surface area contributed by atoms with Gasteiger partial charge in [-0.1, -0.05) is 30.3 Å². The lowest BCUT2D eigenvalue weighted by atomic mass is 9.98. The number of ketones is 1. The van der Waals surface area contributed by atoms with Crippen LogP contribution in [-0.4, -0.2) is 28.8 Å². The second-order valence-electron chi connectivity index (χ2n) is 7.91. The summed E-state index contributed by atoms with van der Waals surface area (Å²) >= 11 is 1.68. The molecule has 1 unspecified atom stereocenters. The van der Waals surface area contributed by atoms with Gasteiger partial charge in [0.2, 0.25) is 0 Å². The topological polar surface area (TPSA) is 55.3 Å². The van der Waals surface area contributed by atoms with Gasteiger partial charge < -0.3 is 9.64 Å². The van der Waals surface area contributed by atoms with E-state index in [9.17, 15) is 4.79 Å². The van der Waals surface area contributed by atoms with Crippen LogP contribution in [0.1, 0.15) is 18.4 Å². The number of aromatic nitrogens is 2. The van der Waals surface area contributed by atoms with Crippen molar-refractivity contribution in [1.82, 2.24) is 9.97 Å². The van der Waals surface area contributed by atoms with Gasteiger partial charge in [-0.05, 0) is 53.6 Å². The van der Waals surface area contributed by atoms with Crippen molar-refractivity contribution in [3.8, 4) is 11.5 Å². The Morgan fingerprint density at radius 1 is 1.03 bits per heavy atom. The SMILES string of the molecule is O=C(Cc1ccc(Oc2ccccc2)cc1)CC1CCN(c2ncnc3ccsc23)C1. The van der Waals surface area contributed by atoms with E-state index in [0.29, 0.717) is 18.8 Å². The number of carbonyl (C=O) groups is 1. The largest absolute Gasteiger partial charge is 0.457 e. The Kier molecular flexibility index (Phi) is 5.63. The van der Waals surface area contributed by atoms with Gasteiger partial charge in [-0.2, -0.15) is 0 Å². The van der Waals surface area contributed by atoms with Crippen LogP contribution in [0.25, 0.3) is 10.2 Å². The van der Waals surface area contributed by atoms with E-state index in [0.717, 1.165) is 52.6 Å². The van der Waals surface area contributed by atoms with Crippen molar-refractivity contribution < 1.29 is 9.53 Å². The van der Waals surface area contributed by atoms with E-state index in [-0.39, 0.29) is 5.78 Å². The van der Waals surface area contributed by atoms with Gasteiger partial charge in [-0.15, -0.1) is 11.3 Å². The molecule has 0 N–H and O–H groups in total. The van der Waals surface area contributed by atoms with Crippen molar-refractivity contribution in [2.75, 3.05) is 18.0 Å². The number of benzene rings is 2. The summed E-state index contributed by atoms with van der Waals surface area (Å²) in [6.45, 7) is 1.81. The average Bonchev–Trinajstić information content (AvgIpc) is 3.45. The molecule has 5 nitrogen and oxygen atoms in total. The number of ether oxygens (including phenoxy) is 1. The number of rotatable bonds is 7. The van der Waals surface area contributed by atoms with Crippen molar-refractivity contribution in [2.45, 2.75) is 19.3 Å². The molecule has 3 heterocycles. The summed E-state index contributed by atoms with van der Waals surface area (Å²) in [6, 6.07) is 19.5. The first-order valence-corrected chi connectivity index (χ1v) is 11.4. The van der Waals surface area contributed by atoms with E-state index in [1.807, 2.05) is 60.7 Å². The number of hydrogen-bond donors (Lipinski definition) is 0. The number of nitrogens with zero attached hydrogens (tertiary/aromatic N) is 3. The highest BCUT2D eigenvalue weighted by atomic mass is 32.1. The predicted molar refractivity (Wildman–Crippen MR) is 124 cm³/mol. The Balaban J connectivity index is 1.15. The van der Waals surface area contributed by atoms with Gasteiger partial charge >= 0.3 is 0 Å². The van der Waals surface area contributed by atoms with E-state index < -0.39 is 0 Å². The lowest BCUT2D eigenvalue weighted by Gasteiger charge is -2.17. The molecular formula is C25H23N3O2S. The average molecular weight is 430 g/mol. The van der Waals surface area contributed by atoms with E-state index >= 15 is 0 Å². The number of anilines is 1. The summed E-state index contributed by atoms with van der Waals surface area (Å²) in [7, 11) is 0. The zero-order valence-electron chi connectivity index (χ0n) is 17.1. The van der Waals surface area contributed by atoms with E-state index in [2.05, 4.69) is 20.2 Å². The lowest BCUT2D eigenvalue weighted by molar-refractivity contribution is -0.119. The fourth-order valence-electron chi connectivity index (χ4n) is 4.11. The van der Waals surface area contributed by atoms with Crippen molar-refractivity contribution in [2.24, 2.45) is 5.92 Å². The molecule has 0 radical (unpaired) electrons. The minimum Gasteiger partial charge on any atom is -0.457 e. The molecule has 2 aromatic heterocycles. The van der Waals surface area contributed by atoms with Gasteiger partial charge in [0.05, 0.1) is 10.2 Å². The second kappa shape index (κ2) is 8.86. The maximum atomic E-state index is 12.7. The van der Waals surface area contributed by atoms with Gasteiger partial charge in [0.1, 0.15) is 29.4 Å². The Morgan fingerprint density at radius 2 is 1.84 bits per heavy atom. The quantitative estimate of drug-likeness (QED) is 0.388. The normalized spacial score (nSPS) is 16.0. The Bertz CT molecular complexity index is 1170. The van der Waals surface area contributed by atoms with E-state index in [1.165, 1.54) is 0 Å². The first kappa shape index (κ1) is 19.7. The van der Waals surface area contributed by atoms with Crippen LogP contribution < -0.4 is 9.64 Å². The second-order valence-corrected chi connectivity index (χ2v) is 8.83. The first-order chi connectivity index (χ1) is 15.2. The Labute approximate surface area is 185 Å². The fourth-order valence-corrected chi connectivity index (χ4v) is 4.98. The maximum absolute atomic E-state index is 12.7. The standard InChI is InChI=1S/C25H23N3O2S/c29-20(14-18-6-8-22(9-7-18)30-21-4-2-1-3-5-21)15-19-10-12-28(16-19)25-24-23(11-13-31-24)26-17-27-25/h1-9,11,13,17,19H,10,12,14-16H2. The van der Waals surface area contributed by atoms with Crippen LogP contribution in [0.15, 0.2) is 72.4 Å². The molecule has 1 fully saturated rings. The smallest absolute Gasteiger partial charge is 0.150 e. The molecule has 0 bridgehead atoms. The minimum absolute atomic E-state index is 0.285. The molecule has 5 rings (SSSR count). The number of thiophene rings is 1. The van der Waals surface area contributed by atoms with E-state index in [4.69, 9.17) is 4.74 Å². The predicted octanol–water partition coefficient (Wildman–Crippen LogP) is 5.51. The summed E-state index contributed by atoms with van der Waals surface area (Å²) in [6.07, 6.45) is 3.72. The number of para-hydroxylation sites is 1. The minimum atomic E-state index is 0.285. The van der Waals surface area contributed by atoms with Crippen LogP contribution in [0, 0.1) is 5.92 Å². The number of carbonyl (C=O) groups excluding carboxylic acids is 1. The lowest BCUT2D eigenvalue weighted by Crippen LogP contribution is -2.22. The third-order valence-electron chi connectivity index (χ3n) is 5.63. The zero-order chi connectivity index (χ0) is 21.0. The van der Waals surface area contributed by atoms with Gasteiger partial charge in [-0.3, -0.25) is 4.79 Å². The zero-order valence-corrected chi connectivity index (χ0v) is 17.9. The van der Waals surface area contributed by atoms with Crippen molar-refractivity contribution >= 4 is 33.2 Å². The Hall–Kier alpha value is -3.25. The number of Topliss-reactive ketones (excluding diaryl/α,β-unsaturated/α-hetero) is 1. The first-order valence-electron chi connectivity index (χ1n) is 10.5. The molecule has 4 aromatic rings. The number of hydrogen-bond acceptors (Lipinski definition) is 6. The van der Waals surface area contributed by atoms with Crippen LogP contribution in [-0.2, 0) is 11.2 Å². The van der Waals surface area contributed by atoms with Gasteiger partial charge in [0, 0.05) is 25.9 Å². The van der Waals surface area contributed by atoms with Crippen LogP contribution in [0.5, 0.6) is 11.5 Å². The Morgan fingerprint density at radius 3 is 2.68 bits per heavy atom. The summed E-state index contributed by atoms with van der Waals surface area (Å²) in [4.78, 5) is 23.8. The summed E-state index contributed by atoms with van der Waals surface area (Å²) in [5, 5.41) is 2.05. The monoisotopic (exact) mass is 429 g/mol. The molecule has 0 aliphatic carbocycles. The van der Waals surface area contributed by atoms with Gasteiger partial charge in [0.25, 0.3) is 0 Å². The molecule has 1 saturated heterocycles. The fraction of sp³-hybridized carbons (Fsp3) is 0.240. The van der Waals surface area contributed by atoms with Crippen molar-refractivity contribution in [1.29, 1.82) is 0 Å². The summed E-state index contributed by atoms with van der Waals surface area (Å²) in [5.41, 5.74) is 2.02. The highest BCUT2D eigenvalue weighted by Gasteiger charge is 2.27. The van der Waals surface area contributed by atoms with Crippen molar-refractivity contribution in [3.63, 3.8) is 0 Å². The third-order valence-corrected chi connectivity index (χ3v) is 6.53.